The molecule has 0 aromatic heterocycles. The molecule has 1 atom stereocenters. The van der Waals surface area contributed by atoms with Crippen LogP contribution in [0.25, 0.3) is 0 Å². The second-order valence-electron chi connectivity index (χ2n) is 3.92. The van der Waals surface area contributed by atoms with E-state index < -0.39 is 0 Å². The fraction of sp³-hybridized carbons (Fsp3) is 0.417. The van der Waals surface area contributed by atoms with Crippen molar-refractivity contribution in [2.45, 2.75) is 25.9 Å². The maximum Gasteiger partial charge on any atom is 0.338 e. The van der Waals surface area contributed by atoms with E-state index in [0.717, 1.165) is 18.5 Å². The highest BCUT2D eigenvalue weighted by atomic mass is 35.5. The summed E-state index contributed by atoms with van der Waals surface area (Å²) in [5, 5.41) is 3.37. The Labute approximate surface area is 102 Å². The molecule has 0 amide bonds. The summed E-state index contributed by atoms with van der Waals surface area (Å²) in [4.78, 5) is 11.5. The second kappa shape index (κ2) is 5.32. The summed E-state index contributed by atoms with van der Waals surface area (Å²) in [6.07, 6.45) is 0.889. The first kappa shape index (κ1) is 13.0. The SMILES string of the molecule is COC(=O)c1cccc2c1CC(C)NC2.Cl. The van der Waals surface area contributed by atoms with Gasteiger partial charge < -0.3 is 10.1 Å². The van der Waals surface area contributed by atoms with Crippen LogP contribution in [0.3, 0.4) is 0 Å². The lowest BCUT2D eigenvalue weighted by molar-refractivity contribution is 0.0599. The maximum absolute atomic E-state index is 11.5. The minimum atomic E-state index is -0.235. The van der Waals surface area contributed by atoms with Crippen molar-refractivity contribution in [1.29, 1.82) is 0 Å². The first-order valence-electron chi connectivity index (χ1n) is 5.15. The van der Waals surface area contributed by atoms with E-state index in [2.05, 4.69) is 18.3 Å². The van der Waals surface area contributed by atoms with Gasteiger partial charge in [0.25, 0.3) is 0 Å². The van der Waals surface area contributed by atoms with Gasteiger partial charge in [-0.25, -0.2) is 4.79 Å². The highest BCUT2D eigenvalue weighted by molar-refractivity contribution is 5.91. The van der Waals surface area contributed by atoms with Crippen LogP contribution in [0, 0.1) is 0 Å². The van der Waals surface area contributed by atoms with E-state index in [0.29, 0.717) is 11.6 Å². The monoisotopic (exact) mass is 241 g/mol. The molecule has 1 aromatic carbocycles. The van der Waals surface area contributed by atoms with Gasteiger partial charge in [-0.15, -0.1) is 12.4 Å². The van der Waals surface area contributed by atoms with Crippen LogP contribution in [0.1, 0.15) is 28.4 Å². The van der Waals surface area contributed by atoms with Crippen molar-refractivity contribution in [2.24, 2.45) is 0 Å². The molecule has 0 saturated heterocycles. The molecule has 88 valence electrons. The van der Waals surface area contributed by atoms with Crippen molar-refractivity contribution in [3.05, 3.63) is 34.9 Å². The normalized spacial score (nSPS) is 18.2. The van der Waals surface area contributed by atoms with Crippen molar-refractivity contribution in [1.82, 2.24) is 5.32 Å². The number of carbonyl (C=O) groups excluding carboxylic acids is 1. The molecular formula is C12H16ClNO2. The quantitative estimate of drug-likeness (QED) is 0.764. The summed E-state index contributed by atoms with van der Waals surface area (Å²) in [7, 11) is 1.42. The maximum atomic E-state index is 11.5. The number of hydrogen-bond donors (Lipinski definition) is 1. The lowest BCUT2D eigenvalue weighted by Crippen LogP contribution is -2.33. The average Bonchev–Trinajstić information content (AvgIpc) is 2.27. The molecule has 4 heteroatoms. The summed E-state index contributed by atoms with van der Waals surface area (Å²) >= 11 is 0. The third kappa shape index (κ3) is 2.36. The van der Waals surface area contributed by atoms with E-state index in [1.165, 1.54) is 12.7 Å². The summed E-state index contributed by atoms with van der Waals surface area (Å²) in [6.45, 7) is 2.96. The van der Waals surface area contributed by atoms with Gasteiger partial charge in [0, 0.05) is 12.6 Å². The number of ether oxygens (including phenoxy) is 1. The third-order valence-corrected chi connectivity index (χ3v) is 2.83. The van der Waals surface area contributed by atoms with Gasteiger partial charge in [-0.1, -0.05) is 12.1 Å². The van der Waals surface area contributed by atoms with E-state index in [-0.39, 0.29) is 18.4 Å². The predicted molar refractivity (Wildman–Crippen MR) is 65.0 cm³/mol. The van der Waals surface area contributed by atoms with Crippen molar-refractivity contribution in [3.8, 4) is 0 Å². The molecule has 1 N–H and O–H groups in total. The van der Waals surface area contributed by atoms with Gasteiger partial charge >= 0.3 is 5.97 Å². The molecule has 1 aliphatic heterocycles. The number of esters is 1. The van der Waals surface area contributed by atoms with Gasteiger partial charge in [0.05, 0.1) is 12.7 Å². The topological polar surface area (TPSA) is 38.3 Å². The van der Waals surface area contributed by atoms with Crippen LogP contribution < -0.4 is 5.32 Å². The Morgan fingerprint density at radius 2 is 2.25 bits per heavy atom. The minimum absolute atomic E-state index is 0. The van der Waals surface area contributed by atoms with E-state index >= 15 is 0 Å². The molecule has 0 fully saturated rings. The molecule has 0 aliphatic carbocycles. The number of fused-ring (bicyclic) bond motifs is 1. The summed E-state index contributed by atoms with van der Waals surface area (Å²) in [5.74, 6) is -0.235. The molecular weight excluding hydrogens is 226 g/mol. The minimum Gasteiger partial charge on any atom is -0.465 e. The Hall–Kier alpha value is -1.06. The van der Waals surface area contributed by atoms with Crippen LogP contribution in [0.4, 0.5) is 0 Å². The zero-order valence-electron chi connectivity index (χ0n) is 9.45. The molecule has 1 unspecified atom stereocenters. The van der Waals surface area contributed by atoms with Crippen molar-refractivity contribution in [3.63, 3.8) is 0 Å². The fourth-order valence-corrected chi connectivity index (χ4v) is 2.01. The third-order valence-electron chi connectivity index (χ3n) is 2.83. The Balaban J connectivity index is 0.00000128. The Kier molecular flexibility index (Phi) is 4.33. The van der Waals surface area contributed by atoms with Crippen molar-refractivity contribution < 1.29 is 9.53 Å². The van der Waals surface area contributed by atoms with Gasteiger partial charge in [-0.05, 0) is 30.5 Å². The highest BCUT2D eigenvalue weighted by Gasteiger charge is 2.20. The van der Waals surface area contributed by atoms with Crippen LogP contribution in [-0.2, 0) is 17.7 Å². The summed E-state index contributed by atoms with van der Waals surface area (Å²) in [5.41, 5.74) is 3.05. The first-order valence-corrected chi connectivity index (χ1v) is 5.15. The van der Waals surface area contributed by atoms with Crippen LogP contribution in [0.5, 0.6) is 0 Å². The van der Waals surface area contributed by atoms with Crippen LogP contribution in [0.2, 0.25) is 0 Å². The van der Waals surface area contributed by atoms with Crippen LogP contribution in [0.15, 0.2) is 18.2 Å². The standard InChI is InChI=1S/C12H15NO2.ClH/c1-8-6-11-9(7-13-8)4-3-5-10(11)12(14)15-2;/h3-5,8,13H,6-7H2,1-2H3;1H. The molecule has 0 bridgehead atoms. The van der Waals surface area contributed by atoms with Gasteiger partial charge in [0.15, 0.2) is 0 Å². The fourth-order valence-electron chi connectivity index (χ4n) is 2.01. The van der Waals surface area contributed by atoms with E-state index in [9.17, 15) is 4.79 Å². The van der Waals surface area contributed by atoms with Gasteiger partial charge in [0.2, 0.25) is 0 Å². The molecule has 2 rings (SSSR count). The zero-order chi connectivity index (χ0) is 10.8. The van der Waals surface area contributed by atoms with E-state index in [1.807, 2.05) is 12.1 Å². The molecule has 3 nitrogen and oxygen atoms in total. The lowest BCUT2D eigenvalue weighted by atomic mass is 9.92. The number of nitrogens with one attached hydrogen (secondary N) is 1. The first-order chi connectivity index (χ1) is 7.22. The average molecular weight is 242 g/mol. The Morgan fingerprint density at radius 3 is 2.94 bits per heavy atom. The van der Waals surface area contributed by atoms with Crippen molar-refractivity contribution in [2.75, 3.05) is 7.11 Å². The molecule has 1 heterocycles. The predicted octanol–water partition coefficient (Wildman–Crippen LogP) is 1.93. The molecule has 1 aromatic rings. The molecule has 1 aliphatic rings. The Morgan fingerprint density at radius 1 is 1.50 bits per heavy atom. The molecule has 0 spiro atoms. The smallest absolute Gasteiger partial charge is 0.338 e. The number of methoxy groups -OCH3 is 1. The molecule has 0 radical (unpaired) electrons. The van der Waals surface area contributed by atoms with Gasteiger partial charge in [0.1, 0.15) is 0 Å². The van der Waals surface area contributed by atoms with Crippen LogP contribution in [-0.4, -0.2) is 19.1 Å². The summed E-state index contributed by atoms with van der Waals surface area (Å²) < 4.78 is 4.78. The largest absolute Gasteiger partial charge is 0.465 e. The van der Waals surface area contributed by atoms with Crippen LogP contribution >= 0.6 is 12.4 Å². The van der Waals surface area contributed by atoms with Crippen molar-refractivity contribution >= 4 is 18.4 Å². The zero-order valence-corrected chi connectivity index (χ0v) is 10.3. The van der Waals surface area contributed by atoms with Gasteiger partial charge in [-0.2, -0.15) is 0 Å². The van der Waals surface area contributed by atoms with E-state index in [1.54, 1.807) is 0 Å². The summed E-state index contributed by atoms with van der Waals surface area (Å²) in [6, 6.07) is 6.22. The lowest BCUT2D eigenvalue weighted by Gasteiger charge is -2.24. The number of rotatable bonds is 1. The molecule has 0 saturated carbocycles. The number of benzene rings is 1. The second-order valence-corrected chi connectivity index (χ2v) is 3.92. The number of carbonyl (C=O) groups is 1. The number of halogens is 1. The molecule has 16 heavy (non-hydrogen) atoms. The van der Waals surface area contributed by atoms with E-state index in [4.69, 9.17) is 4.74 Å². The number of hydrogen-bond acceptors (Lipinski definition) is 3. The van der Waals surface area contributed by atoms with Gasteiger partial charge in [-0.3, -0.25) is 0 Å². The highest BCUT2D eigenvalue weighted by Crippen LogP contribution is 2.21. The Bertz CT molecular complexity index is 393.